The van der Waals surface area contributed by atoms with Crippen molar-refractivity contribution in [2.45, 2.75) is 0 Å². The number of hydrogen-bond donors (Lipinski definition) is 0. The number of benzene rings is 1. The molecule has 1 aromatic carbocycles. The Morgan fingerprint density at radius 3 is 2.10 bits per heavy atom. The van der Waals surface area contributed by atoms with Crippen LogP contribution in [0.3, 0.4) is 0 Å². The van der Waals surface area contributed by atoms with Gasteiger partial charge in [-0.1, -0.05) is 12.1 Å². The van der Waals surface area contributed by atoms with Crippen LogP contribution in [-0.2, 0) is 0 Å². The van der Waals surface area contributed by atoms with Gasteiger partial charge in [-0.25, -0.2) is 0 Å². The molecular weight excluding hydrogens is 135 g/mol. The minimum absolute atomic E-state index is 0. The van der Waals surface area contributed by atoms with Crippen molar-refractivity contribution in [3.63, 3.8) is 0 Å². The summed E-state index contributed by atoms with van der Waals surface area (Å²) in [5, 5.41) is 2.05. The molecule has 1 aromatic rings. The number of nitrogens with zero attached hydrogens (tertiary/aromatic N) is 2. The van der Waals surface area contributed by atoms with Gasteiger partial charge >= 0.3 is 29.6 Å². The summed E-state index contributed by atoms with van der Waals surface area (Å²) >= 11 is 0. The van der Waals surface area contributed by atoms with Crippen LogP contribution in [0.15, 0.2) is 34.3 Å². The molecule has 0 atom stereocenters. The van der Waals surface area contributed by atoms with Gasteiger partial charge in [0.15, 0.2) is 0 Å². The van der Waals surface area contributed by atoms with E-state index in [1.807, 2.05) is 24.3 Å². The Morgan fingerprint density at radius 2 is 1.60 bits per heavy atom. The Hall–Kier alpha value is -0.180. The molecule has 0 bridgehead atoms. The Morgan fingerprint density at radius 1 is 1.10 bits per heavy atom. The average Bonchev–Trinajstić information content (AvgIpc) is 2.33. The second-order valence-corrected chi connectivity index (χ2v) is 1.95. The molecule has 0 aliphatic carbocycles. The van der Waals surface area contributed by atoms with Crippen LogP contribution in [0.25, 0.3) is 0 Å². The van der Waals surface area contributed by atoms with Crippen molar-refractivity contribution < 1.29 is 31.0 Å². The zero-order chi connectivity index (χ0) is 6.10. The van der Waals surface area contributed by atoms with Crippen LogP contribution in [-0.4, -0.2) is 6.67 Å². The maximum Gasteiger partial charge on any atom is 1.00 e. The molecule has 46 valence electrons. The first-order chi connectivity index (χ1) is 4.47. The molecule has 0 aromatic heterocycles. The molecule has 0 saturated carbocycles. The number of rotatable bonds is 0. The molecule has 2 rings (SSSR count). The van der Waals surface area contributed by atoms with Crippen LogP contribution in [0.1, 0.15) is 1.43 Å². The van der Waals surface area contributed by atoms with Crippen molar-refractivity contribution in [3.8, 4) is 0 Å². The van der Waals surface area contributed by atoms with E-state index in [1.54, 1.807) is 0 Å². The Balaban J connectivity index is 0.000000500. The molecule has 0 saturated heterocycles. The summed E-state index contributed by atoms with van der Waals surface area (Å²) in [5.74, 6) is 0. The van der Waals surface area contributed by atoms with Crippen molar-refractivity contribution >= 4 is 0 Å². The van der Waals surface area contributed by atoms with Crippen molar-refractivity contribution in [2.24, 2.45) is 9.98 Å². The Bertz CT molecular complexity index is 304. The average molecular weight is 142 g/mol. The molecule has 0 fully saturated rings. The molecule has 1 aliphatic rings. The molecule has 3 heteroatoms. The van der Waals surface area contributed by atoms with E-state index in [2.05, 4.69) is 9.98 Å². The summed E-state index contributed by atoms with van der Waals surface area (Å²) in [4.78, 5) is 8.27. The summed E-state index contributed by atoms with van der Waals surface area (Å²) in [7, 11) is 0. The van der Waals surface area contributed by atoms with Gasteiger partial charge in [0.1, 0.15) is 6.67 Å². The maximum absolute atomic E-state index is 4.13. The first kappa shape index (κ1) is 7.92. The van der Waals surface area contributed by atoms with Gasteiger partial charge in [-0.3, -0.25) is 9.98 Å². The van der Waals surface area contributed by atoms with Gasteiger partial charge in [0.25, 0.3) is 0 Å². The van der Waals surface area contributed by atoms with Gasteiger partial charge in [0.05, 0.1) is 10.7 Å². The van der Waals surface area contributed by atoms with Crippen LogP contribution < -0.4 is 40.3 Å². The Labute approximate surface area is 82.5 Å². The fourth-order valence-corrected chi connectivity index (χ4v) is 0.919. The number of para-hydroxylation sites is 2. The summed E-state index contributed by atoms with van der Waals surface area (Å²) < 4.78 is 0. The fourth-order valence-electron chi connectivity index (χ4n) is 0.919. The van der Waals surface area contributed by atoms with E-state index >= 15 is 0 Å². The van der Waals surface area contributed by atoms with E-state index in [9.17, 15) is 0 Å². The van der Waals surface area contributed by atoms with E-state index < -0.39 is 0 Å². The molecule has 0 spiro atoms. The third kappa shape index (κ3) is 1.29. The molecule has 0 unspecified atom stereocenters. The second-order valence-electron chi connectivity index (χ2n) is 1.95. The van der Waals surface area contributed by atoms with Gasteiger partial charge in [0, 0.05) is 0 Å². The molecule has 0 N–H and O–H groups in total. The van der Waals surface area contributed by atoms with Gasteiger partial charge in [0.2, 0.25) is 0 Å². The van der Waals surface area contributed by atoms with E-state index in [0.717, 1.165) is 10.7 Å². The van der Waals surface area contributed by atoms with Crippen molar-refractivity contribution in [2.75, 3.05) is 6.67 Å². The van der Waals surface area contributed by atoms with Gasteiger partial charge in [-0.05, 0) is 12.1 Å². The normalized spacial score (nSPS) is 12.4. The number of fused-ring (bicyclic) bond motifs is 1. The van der Waals surface area contributed by atoms with E-state index in [1.165, 1.54) is 0 Å². The largest absolute Gasteiger partial charge is 1.00 e. The summed E-state index contributed by atoms with van der Waals surface area (Å²) in [5.41, 5.74) is 0. The molecule has 0 radical (unpaired) electrons. The van der Waals surface area contributed by atoms with Crippen molar-refractivity contribution in [1.29, 1.82) is 0 Å². The van der Waals surface area contributed by atoms with Gasteiger partial charge in [-0.15, -0.1) is 0 Å². The molecule has 1 heterocycles. The zero-order valence-corrected chi connectivity index (χ0v) is 7.91. The van der Waals surface area contributed by atoms with E-state index in [4.69, 9.17) is 0 Å². The first-order valence-corrected chi connectivity index (χ1v) is 2.91. The SMILES string of the molecule is [H-].[Na+].c1ccc2c(c1)=NCN=2. The van der Waals surface area contributed by atoms with Crippen molar-refractivity contribution in [3.05, 3.63) is 35.0 Å². The fraction of sp³-hybridized carbons (Fsp3) is 0.143. The monoisotopic (exact) mass is 142 g/mol. The second kappa shape index (κ2) is 3.28. The smallest absolute Gasteiger partial charge is 1.00 e. The maximum atomic E-state index is 4.13. The molecule has 0 amide bonds. The molecule has 1 aliphatic heterocycles. The van der Waals surface area contributed by atoms with E-state index in [0.29, 0.717) is 6.67 Å². The zero-order valence-electron chi connectivity index (χ0n) is 6.91. The van der Waals surface area contributed by atoms with Crippen LogP contribution in [0.5, 0.6) is 0 Å². The first-order valence-electron chi connectivity index (χ1n) is 2.91. The topological polar surface area (TPSA) is 24.7 Å². The summed E-state index contributed by atoms with van der Waals surface area (Å²) in [6, 6.07) is 7.91. The van der Waals surface area contributed by atoms with Crippen LogP contribution in [0.4, 0.5) is 0 Å². The number of hydrogen-bond acceptors (Lipinski definition) is 2. The van der Waals surface area contributed by atoms with Crippen LogP contribution >= 0.6 is 0 Å². The van der Waals surface area contributed by atoms with E-state index in [-0.39, 0.29) is 31.0 Å². The minimum Gasteiger partial charge on any atom is -1.00 e. The molecule has 2 nitrogen and oxygen atoms in total. The predicted molar refractivity (Wildman–Crippen MR) is 34.7 cm³/mol. The Kier molecular flexibility index (Phi) is 2.60. The third-order valence-electron chi connectivity index (χ3n) is 1.36. The molecule has 10 heavy (non-hydrogen) atoms. The van der Waals surface area contributed by atoms with Gasteiger partial charge < -0.3 is 1.43 Å². The third-order valence-corrected chi connectivity index (χ3v) is 1.36. The van der Waals surface area contributed by atoms with Crippen molar-refractivity contribution in [1.82, 2.24) is 0 Å². The predicted octanol–water partition coefficient (Wildman–Crippen LogP) is -2.99. The van der Waals surface area contributed by atoms with Crippen LogP contribution in [0.2, 0.25) is 0 Å². The summed E-state index contributed by atoms with van der Waals surface area (Å²) in [6.45, 7) is 0.610. The minimum atomic E-state index is 0. The quantitative estimate of drug-likeness (QED) is 0.345. The van der Waals surface area contributed by atoms with Crippen LogP contribution in [0, 0.1) is 0 Å². The molecular formula is C7H7N2Na. The van der Waals surface area contributed by atoms with Gasteiger partial charge in [-0.2, -0.15) is 0 Å². The summed E-state index contributed by atoms with van der Waals surface area (Å²) in [6.07, 6.45) is 0. The standard InChI is InChI=1S/C7H6N2.Na.H/c1-2-4-7-6(3-1)8-5-9-7;;/h1-4H,5H2;;/q;+1;-1.